The Kier molecular flexibility index (Phi) is 4.48. The predicted octanol–water partition coefficient (Wildman–Crippen LogP) is 1.37. The molecule has 1 aliphatic rings. The molecule has 1 saturated heterocycles. The van der Waals surface area contributed by atoms with Crippen molar-refractivity contribution in [1.29, 1.82) is 0 Å². The average molecular weight is 290 g/mol. The predicted molar refractivity (Wildman–Crippen MR) is 71.3 cm³/mol. The van der Waals surface area contributed by atoms with E-state index in [-0.39, 0.29) is 0 Å². The van der Waals surface area contributed by atoms with Gasteiger partial charge < -0.3 is 4.74 Å². The monoisotopic (exact) mass is 289 g/mol. The molecule has 0 aromatic heterocycles. The summed E-state index contributed by atoms with van der Waals surface area (Å²) >= 11 is 12.1. The SMILES string of the molecule is CCOc1c(Cl)cc(Cl)cc1CN=C1NNNN1. The maximum atomic E-state index is 6.09. The van der Waals surface area contributed by atoms with Gasteiger partial charge >= 0.3 is 0 Å². The van der Waals surface area contributed by atoms with E-state index in [0.717, 1.165) is 5.56 Å². The highest BCUT2D eigenvalue weighted by atomic mass is 35.5. The summed E-state index contributed by atoms with van der Waals surface area (Å²) in [5, 5.41) is 1.05. The van der Waals surface area contributed by atoms with Gasteiger partial charge in [-0.05, 0) is 19.1 Å². The molecule has 0 saturated carbocycles. The Morgan fingerprint density at radius 1 is 1.22 bits per heavy atom. The number of rotatable bonds is 4. The molecule has 0 atom stereocenters. The van der Waals surface area contributed by atoms with Crippen LogP contribution < -0.4 is 26.7 Å². The van der Waals surface area contributed by atoms with Crippen LogP contribution in [0.3, 0.4) is 0 Å². The van der Waals surface area contributed by atoms with E-state index in [2.05, 4.69) is 26.9 Å². The Labute approximate surface area is 115 Å². The van der Waals surface area contributed by atoms with Crippen molar-refractivity contribution in [2.24, 2.45) is 4.99 Å². The second kappa shape index (κ2) is 6.10. The van der Waals surface area contributed by atoms with Gasteiger partial charge in [0.15, 0.2) is 0 Å². The van der Waals surface area contributed by atoms with Crippen LogP contribution in [-0.2, 0) is 6.54 Å². The van der Waals surface area contributed by atoms with E-state index in [1.165, 1.54) is 0 Å². The van der Waals surface area contributed by atoms with Gasteiger partial charge in [-0.15, -0.1) is 0 Å². The normalized spacial score (nSPS) is 14.1. The van der Waals surface area contributed by atoms with Crippen LogP contribution in [0.1, 0.15) is 12.5 Å². The molecule has 98 valence electrons. The molecule has 1 aromatic rings. The van der Waals surface area contributed by atoms with E-state index in [9.17, 15) is 0 Å². The zero-order valence-corrected chi connectivity index (χ0v) is 11.2. The third-order valence-electron chi connectivity index (χ3n) is 2.21. The molecule has 1 aliphatic heterocycles. The molecule has 2 rings (SSSR count). The van der Waals surface area contributed by atoms with Gasteiger partial charge in [-0.1, -0.05) is 23.2 Å². The van der Waals surface area contributed by atoms with Crippen molar-refractivity contribution in [2.75, 3.05) is 6.61 Å². The summed E-state index contributed by atoms with van der Waals surface area (Å²) in [4.78, 5) is 4.29. The third-order valence-corrected chi connectivity index (χ3v) is 2.70. The van der Waals surface area contributed by atoms with Crippen molar-refractivity contribution in [3.63, 3.8) is 0 Å². The molecule has 0 spiro atoms. The van der Waals surface area contributed by atoms with Gasteiger partial charge in [0.05, 0.1) is 18.2 Å². The largest absolute Gasteiger partial charge is 0.492 e. The first-order valence-electron chi connectivity index (χ1n) is 5.38. The fourth-order valence-corrected chi connectivity index (χ4v) is 2.08. The first-order chi connectivity index (χ1) is 8.70. The van der Waals surface area contributed by atoms with Gasteiger partial charge in [0.1, 0.15) is 5.75 Å². The van der Waals surface area contributed by atoms with Crippen LogP contribution in [0.5, 0.6) is 5.75 Å². The minimum atomic E-state index is 0.397. The Balaban J connectivity index is 2.21. The lowest BCUT2D eigenvalue weighted by Gasteiger charge is -2.11. The van der Waals surface area contributed by atoms with E-state index >= 15 is 0 Å². The number of benzene rings is 1. The molecule has 6 nitrogen and oxygen atoms in total. The third kappa shape index (κ3) is 3.17. The molecule has 1 aromatic carbocycles. The zero-order valence-electron chi connectivity index (χ0n) is 9.68. The fourth-order valence-electron chi connectivity index (χ4n) is 1.49. The Hall–Kier alpha value is -1.21. The van der Waals surface area contributed by atoms with Gasteiger partial charge in [0, 0.05) is 10.6 Å². The summed E-state index contributed by atoms with van der Waals surface area (Å²) in [7, 11) is 0. The van der Waals surface area contributed by atoms with Crippen LogP contribution >= 0.6 is 23.2 Å². The smallest absolute Gasteiger partial charge is 0.223 e. The van der Waals surface area contributed by atoms with E-state index < -0.39 is 0 Å². The molecule has 1 heterocycles. The molecule has 0 amide bonds. The van der Waals surface area contributed by atoms with E-state index in [0.29, 0.717) is 34.9 Å². The fraction of sp³-hybridized carbons (Fsp3) is 0.300. The van der Waals surface area contributed by atoms with Gasteiger partial charge in [-0.2, -0.15) is 11.1 Å². The summed E-state index contributed by atoms with van der Waals surface area (Å²) in [5.74, 6) is 1.19. The van der Waals surface area contributed by atoms with Crippen LogP contribution in [0.4, 0.5) is 0 Å². The number of hydrogen-bond donors (Lipinski definition) is 4. The number of ether oxygens (including phenoxy) is 1. The van der Waals surface area contributed by atoms with E-state index in [1.807, 2.05) is 6.92 Å². The maximum Gasteiger partial charge on any atom is 0.223 e. The van der Waals surface area contributed by atoms with Crippen molar-refractivity contribution >= 4 is 29.2 Å². The number of halogens is 2. The van der Waals surface area contributed by atoms with Crippen LogP contribution in [0.25, 0.3) is 0 Å². The highest BCUT2D eigenvalue weighted by molar-refractivity contribution is 6.35. The van der Waals surface area contributed by atoms with Crippen molar-refractivity contribution < 1.29 is 4.74 Å². The van der Waals surface area contributed by atoms with Crippen molar-refractivity contribution in [3.8, 4) is 5.75 Å². The Morgan fingerprint density at radius 2 is 1.94 bits per heavy atom. The first kappa shape index (κ1) is 13.2. The topological polar surface area (TPSA) is 69.7 Å². The number of hydrogen-bond acceptors (Lipinski definition) is 4. The standard InChI is InChI=1S/C10H13Cl2N5O/c1-2-18-9-6(3-7(11)4-8(9)12)5-13-10-14-16-17-15-10/h3-4,16-17H,2,5H2,1H3,(H2,13,14,15). The van der Waals surface area contributed by atoms with Crippen molar-refractivity contribution in [1.82, 2.24) is 21.9 Å². The van der Waals surface area contributed by atoms with E-state index in [4.69, 9.17) is 27.9 Å². The van der Waals surface area contributed by atoms with E-state index in [1.54, 1.807) is 12.1 Å². The van der Waals surface area contributed by atoms with Crippen LogP contribution in [-0.4, -0.2) is 12.6 Å². The van der Waals surface area contributed by atoms with Gasteiger partial charge in [0.25, 0.3) is 0 Å². The summed E-state index contributed by atoms with van der Waals surface area (Å²) in [5.41, 5.74) is 11.7. The summed E-state index contributed by atoms with van der Waals surface area (Å²) < 4.78 is 5.51. The number of nitrogens with zero attached hydrogens (tertiary/aromatic N) is 1. The first-order valence-corrected chi connectivity index (χ1v) is 6.13. The highest BCUT2D eigenvalue weighted by Gasteiger charge is 2.11. The molecule has 18 heavy (non-hydrogen) atoms. The Bertz CT molecular complexity index is 458. The van der Waals surface area contributed by atoms with Gasteiger partial charge in [-0.3, -0.25) is 10.9 Å². The molecule has 0 aliphatic carbocycles. The second-order valence-corrected chi connectivity index (χ2v) is 4.32. The molecule has 1 fully saturated rings. The second-order valence-electron chi connectivity index (χ2n) is 3.47. The van der Waals surface area contributed by atoms with Crippen LogP contribution in [0.15, 0.2) is 17.1 Å². The number of guanidine groups is 1. The zero-order chi connectivity index (χ0) is 13.0. The summed E-state index contributed by atoms with van der Waals surface area (Å²) in [6.07, 6.45) is 0. The molecular weight excluding hydrogens is 277 g/mol. The minimum absolute atomic E-state index is 0.397. The molecule has 0 radical (unpaired) electrons. The lowest BCUT2D eigenvalue weighted by Crippen LogP contribution is -2.33. The molecular formula is C10H13Cl2N5O. The van der Waals surface area contributed by atoms with Crippen LogP contribution in [0, 0.1) is 0 Å². The van der Waals surface area contributed by atoms with Crippen molar-refractivity contribution in [3.05, 3.63) is 27.7 Å². The maximum absolute atomic E-state index is 6.09. The number of nitrogens with one attached hydrogen (secondary N) is 4. The summed E-state index contributed by atoms with van der Waals surface area (Å²) in [6, 6.07) is 3.44. The molecule has 8 heteroatoms. The average Bonchev–Trinajstić information content (AvgIpc) is 2.83. The number of hydrazine groups is 3. The molecule has 4 N–H and O–H groups in total. The van der Waals surface area contributed by atoms with Crippen molar-refractivity contribution in [2.45, 2.75) is 13.5 Å². The molecule has 0 bridgehead atoms. The Morgan fingerprint density at radius 3 is 2.61 bits per heavy atom. The quantitative estimate of drug-likeness (QED) is 0.674. The summed E-state index contributed by atoms with van der Waals surface area (Å²) in [6.45, 7) is 2.83. The minimum Gasteiger partial charge on any atom is -0.492 e. The lowest BCUT2D eigenvalue weighted by molar-refractivity contribution is 0.337. The van der Waals surface area contributed by atoms with Crippen LogP contribution in [0.2, 0.25) is 10.0 Å². The van der Waals surface area contributed by atoms with Gasteiger partial charge in [-0.25, -0.2) is 4.99 Å². The molecule has 0 unspecified atom stereocenters. The number of aliphatic imine (C=N–C) groups is 1. The lowest BCUT2D eigenvalue weighted by atomic mass is 10.2. The highest BCUT2D eigenvalue weighted by Crippen LogP contribution is 2.32. The van der Waals surface area contributed by atoms with Gasteiger partial charge in [0.2, 0.25) is 5.96 Å².